The summed E-state index contributed by atoms with van der Waals surface area (Å²) < 4.78 is 10.3. The molecular formula is C14H31BrOSiSn. The van der Waals surface area contributed by atoms with E-state index >= 15 is 0 Å². The van der Waals surface area contributed by atoms with Crippen molar-refractivity contribution in [2.75, 3.05) is 6.61 Å². The number of hydrogen-bond acceptors (Lipinski definition) is 1. The number of halogens is 1. The van der Waals surface area contributed by atoms with Gasteiger partial charge >= 0.3 is 126 Å². The molecule has 0 aromatic heterocycles. The van der Waals surface area contributed by atoms with Crippen LogP contribution in [0.1, 0.15) is 39.5 Å². The molecule has 0 heterocycles. The van der Waals surface area contributed by atoms with Crippen LogP contribution in [0.15, 0.2) is 10.2 Å². The topological polar surface area (TPSA) is 9.23 Å². The van der Waals surface area contributed by atoms with Crippen molar-refractivity contribution in [2.24, 2.45) is 0 Å². The second-order valence-electron chi connectivity index (χ2n) is 6.18. The zero-order valence-corrected chi connectivity index (χ0v) is 18.4. The van der Waals surface area contributed by atoms with E-state index in [0.29, 0.717) is 0 Å². The molecule has 0 rings (SSSR count). The Morgan fingerprint density at radius 1 is 1.11 bits per heavy atom. The molecule has 0 aliphatic carbocycles. The SMILES string of the molecule is C=[C](CO[Si](C)(C)C)[Sn]([Br])([CH2]CCC)[CH2]CCC. The zero-order valence-electron chi connectivity index (χ0n) is 12.9. The van der Waals surface area contributed by atoms with Crippen LogP contribution in [-0.2, 0) is 4.43 Å². The van der Waals surface area contributed by atoms with Crippen molar-refractivity contribution in [3.63, 3.8) is 0 Å². The van der Waals surface area contributed by atoms with Crippen LogP contribution in [0.25, 0.3) is 0 Å². The Bertz CT molecular complexity index is 243. The molecule has 0 saturated heterocycles. The summed E-state index contributed by atoms with van der Waals surface area (Å²) >= 11 is 1.88. The quantitative estimate of drug-likeness (QED) is 0.385. The van der Waals surface area contributed by atoms with E-state index in [1.165, 1.54) is 38.1 Å². The van der Waals surface area contributed by atoms with Crippen LogP contribution in [0, 0.1) is 0 Å². The molecule has 0 radical (unpaired) electrons. The third kappa shape index (κ3) is 8.38. The minimum atomic E-state index is -2.29. The summed E-state index contributed by atoms with van der Waals surface area (Å²) in [5.41, 5.74) is 0. The molecule has 0 bridgehead atoms. The van der Waals surface area contributed by atoms with Crippen molar-refractivity contribution in [2.45, 2.75) is 68.0 Å². The summed E-state index contributed by atoms with van der Waals surface area (Å²) in [7, 11) is -1.41. The van der Waals surface area contributed by atoms with Crippen molar-refractivity contribution in [1.29, 1.82) is 0 Å². The molecule has 1 nitrogen and oxygen atoms in total. The summed E-state index contributed by atoms with van der Waals surface area (Å²) in [4.78, 5) is 0. The first-order chi connectivity index (χ1) is 8.25. The fourth-order valence-electron chi connectivity index (χ4n) is 1.83. The van der Waals surface area contributed by atoms with E-state index in [0.717, 1.165) is 6.61 Å². The van der Waals surface area contributed by atoms with Gasteiger partial charge in [-0.1, -0.05) is 0 Å². The molecule has 108 valence electrons. The molecule has 0 unspecified atom stereocenters. The first-order valence-electron chi connectivity index (χ1n) is 7.26. The molecule has 0 aliphatic rings. The molecule has 0 fully saturated rings. The van der Waals surface area contributed by atoms with Gasteiger partial charge in [-0.3, -0.25) is 0 Å². The van der Waals surface area contributed by atoms with E-state index in [1.54, 1.807) is 0 Å². The monoisotopic (exact) mass is 442 g/mol. The maximum absolute atomic E-state index is 6.06. The van der Waals surface area contributed by atoms with Gasteiger partial charge in [0.25, 0.3) is 0 Å². The number of rotatable bonds is 10. The Hall–Kier alpha value is 1.20. The fourth-order valence-corrected chi connectivity index (χ4v) is 16.3. The fraction of sp³-hybridized carbons (Fsp3) is 0.857. The van der Waals surface area contributed by atoms with Crippen LogP contribution < -0.4 is 0 Å². The van der Waals surface area contributed by atoms with Gasteiger partial charge in [-0.25, -0.2) is 0 Å². The normalized spacial score (nSPS) is 12.8. The third-order valence-electron chi connectivity index (χ3n) is 3.17. The molecule has 18 heavy (non-hydrogen) atoms. The van der Waals surface area contributed by atoms with E-state index in [2.05, 4.69) is 52.8 Å². The van der Waals surface area contributed by atoms with Crippen molar-refractivity contribution in [3.05, 3.63) is 10.2 Å². The minimum absolute atomic E-state index is 0.810. The van der Waals surface area contributed by atoms with Crippen LogP contribution >= 0.6 is 12.7 Å². The van der Waals surface area contributed by atoms with Crippen molar-refractivity contribution in [3.8, 4) is 0 Å². The van der Waals surface area contributed by atoms with Gasteiger partial charge in [-0.2, -0.15) is 0 Å². The Kier molecular flexibility index (Phi) is 9.80. The molecule has 0 saturated carbocycles. The molecule has 0 atom stereocenters. The van der Waals surface area contributed by atoms with E-state index < -0.39 is 24.5 Å². The van der Waals surface area contributed by atoms with Crippen molar-refractivity contribution < 1.29 is 4.43 Å². The predicted molar refractivity (Wildman–Crippen MR) is 92.5 cm³/mol. The standard InChI is InChI=1S/C6H13OSi.2C4H9.BrH.Sn/c1-5-6-7-8(2,3)4;2*1-3-4-2;;/h1,6H2,2-4H3;2*1,3-4H2,2H3;1H;/q;;;;+1/p-1. The first-order valence-corrected chi connectivity index (χ1v) is 22.5. The van der Waals surface area contributed by atoms with Crippen LogP contribution in [0.5, 0.6) is 0 Å². The van der Waals surface area contributed by atoms with Crippen LogP contribution in [0.4, 0.5) is 0 Å². The van der Waals surface area contributed by atoms with E-state index in [1.807, 2.05) is 0 Å². The van der Waals surface area contributed by atoms with E-state index in [-0.39, 0.29) is 0 Å². The number of hydrogen-bond donors (Lipinski definition) is 0. The first kappa shape index (κ1) is 19.2. The molecule has 0 aromatic rings. The molecule has 0 aliphatic heterocycles. The molecule has 0 spiro atoms. The maximum atomic E-state index is 6.06. The summed E-state index contributed by atoms with van der Waals surface area (Å²) in [5.74, 6) is 0. The summed E-state index contributed by atoms with van der Waals surface area (Å²) in [6, 6.07) is 0. The third-order valence-corrected chi connectivity index (χ3v) is 23.8. The summed E-state index contributed by atoms with van der Waals surface area (Å²) in [6.07, 6.45) is 5.27. The van der Waals surface area contributed by atoms with Gasteiger partial charge in [-0.15, -0.1) is 0 Å². The number of unbranched alkanes of at least 4 members (excludes halogenated alkanes) is 2. The van der Waals surface area contributed by atoms with Crippen LogP contribution in [0.3, 0.4) is 0 Å². The molecular weight excluding hydrogens is 411 g/mol. The average molecular weight is 442 g/mol. The second-order valence-corrected chi connectivity index (χ2v) is 31.3. The molecule has 0 amide bonds. The molecule has 0 aromatic carbocycles. The van der Waals surface area contributed by atoms with Crippen molar-refractivity contribution >= 4 is 37.2 Å². The van der Waals surface area contributed by atoms with Crippen LogP contribution in [-0.4, -0.2) is 31.1 Å². The van der Waals surface area contributed by atoms with Gasteiger partial charge < -0.3 is 0 Å². The average Bonchev–Trinajstić information content (AvgIpc) is 2.29. The van der Waals surface area contributed by atoms with Crippen molar-refractivity contribution in [1.82, 2.24) is 0 Å². The van der Waals surface area contributed by atoms with Gasteiger partial charge in [0.2, 0.25) is 0 Å². The Balaban J connectivity index is 4.47. The van der Waals surface area contributed by atoms with Gasteiger partial charge in [0, 0.05) is 0 Å². The van der Waals surface area contributed by atoms with Gasteiger partial charge in [0.05, 0.1) is 0 Å². The van der Waals surface area contributed by atoms with Gasteiger partial charge in [-0.05, 0) is 0 Å². The summed E-state index contributed by atoms with van der Waals surface area (Å²) in [6.45, 7) is 16.5. The summed E-state index contributed by atoms with van der Waals surface area (Å²) in [5, 5.41) is 0. The zero-order chi connectivity index (χ0) is 14.2. The van der Waals surface area contributed by atoms with Gasteiger partial charge in [0.15, 0.2) is 0 Å². The van der Waals surface area contributed by atoms with Gasteiger partial charge in [0.1, 0.15) is 0 Å². The van der Waals surface area contributed by atoms with Crippen LogP contribution in [0.2, 0.25) is 28.5 Å². The Morgan fingerprint density at radius 3 is 1.89 bits per heavy atom. The molecule has 4 heteroatoms. The molecule has 0 N–H and O–H groups in total. The van der Waals surface area contributed by atoms with E-state index in [9.17, 15) is 0 Å². The Labute approximate surface area is 126 Å². The van der Waals surface area contributed by atoms with E-state index in [4.69, 9.17) is 4.43 Å². The predicted octanol–water partition coefficient (Wildman–Crippen LogP) is 5.87. The second kappa shape index (κ2) is 9.19. The Morgan fingerprint density at radius 2 is 1.56 bits per heavy atom.